The molecule has 3 rings (SSSR count). The van der Waals surface area contributed by atoms with Crippen molar-refractivity contribution in [3.05, 3.63) is 51.9 Å². The lowest BCUT2D eigenvalue weighted by Gasteiger charge is -2.33. The maximum absolute atomic E-state index is 12.4. The van der Waals surface area contributed by atoms with Gasteiger partial charge in [0.15, 0.2) is 6.61 Å². The molecule has 1 saturated heterocycles. The molecule has 1 aromatic carbocycles. The molecule has 1 atom stereocenters. The van der Waals surface area contributed by atoms with Crippen LogP contribution in [-0.4, -0.2) is 37.0 Å². The van der Waals surface area contributed by atoms with Crippen LogP contribution < -0.4 is 10.1 Å². The number of carbonyl (C=O) groups is 1. The summed E-state index contributed by atoms with van der Waals surface area (Å²) < 4.78 is 11.5. The second kappa shape index (κ2) is 9.48. The number of nitrogens with zero attached hydrogens (tertiary/aromatic N) is 1. The molecular weight excluding hydrogens is 376 g/mol. The third-order valence-corrected chi connectivity index (χ3v) is 5.79. The number of piperidine rings is 1. The Morgan fingerprint density at radius 2 is 1.86 bits per heavy atom. The Morgan fingerprint density at radius 1 is 1.18 bits per heavy atom. The molecule has 1 aliphatic rings. The predicted octanol–water partition coefficient (Wildman–Crippen LogP) is 4.58. The summed E-state index contributed by atoms with van der Waals surface area (Å²) in [5.41, 5.74) is 1.88. The Kier molecular flexibility index (Phi) is 7.03. The van der Waals surface area contributed by atoms with Gasteiger partial charge in [0.2, 0.25) is 0 Å². The fourth-order valence-corrected chi connectivity index (χ4v) is 3.78. The number of furan rings is 1. The lowest BCUT2D eigenvalue weighted by Crippen LogP contribution is -2.41. The van der Waals surface area contributed by atoms with Crippen LogP contribution in [0, 0.1) is 20.8 Å². The van der Waals surface area contributed by atoms with Gasteiger partial charge in [-0.05, 0) is 82.1 Å². The Bertz CT molecular complexity index is 789. The maximum atomic E-state index is 12.4. The van der Waals surface area contributed by atoms with Crippen molar-refractivity contribution >= 4 is 17.5 Å². The lowest BCUT2D eigenvalue weighted by atomic mass is 10.1. The van der Waals surface area contributed by atoms with Crippen molar-refractivity contribution < 1.29 is 13.9 Å². The molecule has 0 spiro atoms. The maximum Gasteiger partial charge on any atom is 0.258 e. The summed E-state index contributed by atoms with van der Waals surface area (Å²) in [6, 6.07) is 7.74. The molecule has 1 amide bonds. The van der Waals surface area contributed by atoms with E-state index in [-0.39, 0.29) is 18.6 Å². The van der Waals surface area contributed by atoms with Crippen LogP contribution in [0.2, 0.25) is 5.02 Å². The molecule has 6 heteroatoms. The van der Waals surface area contributed by atoms with Crippen molar-refractivity contribution in [1.82, 2.24) is 10.2 Å². The summed E-state index contributed by atoms with van der Waals surface area (Å²) in [4.78, 5) is 14.8. The number of benzene rings is 1. The molecule has 1 fully saturated rings. The van der Waals surface area contributed by atoms with Crippen molar-refractivity contribution in [2.24, 2.45) is 0 Å². The molecule has 1 aliphatic heterocycles. The van der Waals surface area contributed by atoms with Gasteiger partial charge in [-0.1, -0.05) is 18.0 Å². The van der Waals surface area contributed by atoms with Gasteiger partial charge in [0.25, 0.3) is 5.91 Å². The van der Waals surface area contributed by atoms with Gasteiger partial charge in [0.05, 0.1) is 6.04 Å². The quantitative estimate of drug-likeness (QED) is 0.733. The zero-order chi connectivity index (χ0) is 20.1. The van der Waals surface area contributed by atoms with Crippen molar-refractivity contribution in [2.45, 2.75) is 46.1 Å². The fourth-order valence-electron chi connectivity index (χ4n) is 3.67. The predicted molar refractivity (Wildman–Crippen MR) is 111 cm³/mol. The number of aryl methyl sites for hydroxylation is 3. The Morgan fingerprint density at radius 3 is 2.46 bits per heavy atom. The number of hydrogen-bond acceptors (Lipinski definition) is 4. The number of hydrogen-bond donors (Lipinski definition) is 1. The molecule has 0 radical (unpaired) electrons. The van der Waals surface area contributed by atoms with E-state index in [1.54, 1.807) is 0 Å². The summed E-state index contributed by atoms with van der Waals surface area (Å²) in [6.07, 6.45) is 3.63. The van der Waals surface area contributed by atoms with Crippen LogP contribution in [-0.2, 0) is 4.79 Å². The molecule has 0 bridgehead atoms. The van der Waals surface area contributed by atoms with Crippen LogP contribution in [0.1, 0.15) is 48.0 Å². The molecule has 0 unspecified atom stereocenters. The molecule has 28 heavy (non-hydrogen) atoms. The van der Waals surface area contributed by atoms with Crippen LogP contribution in [0.25, 0.3) is 0 Å². The average molecular weight is 405 g/mol. The molecule has 2 aromatic rings. The first-order chi connectivity index (χ1) is 13.4. The number of amides is 1. The number of likely N-dealkylation sites (tertiary alicyclic amines) is 1. The smallest absolute Gasteiger partial charge is 0.258 e. The zero-order valence-electron chi connectivity index (χ0n) is 16.9. The first kappa shape index (κ1) is 20.7. The standard InChI is InChI=1S/C22H29ClN2O3/c1-15-11-18(12-16(2)22(15)23)27-14-21(26)24-13-19(20-8-7-17(3)28-20)25-9-5-4-6-10-25/h7-8,11-12,19H,4-6,9-10,13-14H2,1-3H3,(H,24,26)/t19-/m0/s1. The van der Waals surface area contributed by atoms with Gasteiger partial charge in [-0.15, -0.1) is 0 Å². The number of halogens is 1. The van der Waals surface area contributed by atoms with E-state index < -0.39 is 0 Å². The Labute approximate surface area is 172 Å². The highest BCUT2D eigenvalue weighted by Crippen LogP contribution is 2.27. The van der Waals surface area contributed by atoms with E-state index in [1.165, 1.54) is 19.3 Å². The normalized spacial score (nSPS) is 16.0. The monoisotopic (exact) mass is 404 g/mol. The fraction of sp³-hybridized carbons (Fsp3) is 0.500. The van der Waals surface area contributed by atoms with Crippen LogP contribution in [0.4, 0.5) is 0 Å². The number of rotatable bonds is 7. The van der Waals surface area contributed by atoms with E-state index in [4.69, 9.17) is 20.8 Å². The Hall–Kier alpha value is -1.98. The SMILES string of the molecule is Cc1ccc([C@H](CNC(=O)COc2cc(C)c(Cl)c(C)c2)N2CCCCC2)o1. The van der Waals surface area contributed by atoms with Gasteiger partial charge in [-0.3, -0.25) is 9.69 Å². The van der Waals surface area contributed by atoms with Gasteiger partial charge in [-0.25, -0.2) is 0 Å². The van der Waals surface area contributed by atoms with Crippen LogP contribution in [0.5, 0.6) is 5.75 Å². The summed E-state index contributed by atoms with van der Waals surface area (Å²) in [6.45, 7) is 8.34. The molecule has 0 aliphatic carbocycles. The largest absolute Gasteiger partial charge is 0.484 e. The first-order valence-corrected chi connectivity index (χ1v) is 10.3. The first-order valence-electron chi connectivity index (χ1n) is 9.90. The van der Waals surface area contributed by atoms with Gasteiger partial charge in [0.1, 0.15) is 17.3 Å². The van der Waals surface area contributed by atoms with Crippen LogP contribution >= 0.6 is 11.6 Å². The van der Waals surface area contributed by atoms with E-state index in [0.29, 0.717) is 12.3 Å². The molecule has 5 nitrogen and oxygen atoms in total. The van der Waals surface area contributed by atoms with Gasteiger partial charge in [0, 0.05) is 11.6 Å². The second-order valence-electron chi connectivity index (χ2n) is 7.52. The second-order valence-corrected chi connectivity index (χ2v) is 7.90. The minimum absolute atomic E-state index is 0.0234. The molecular formula is C22H29ClN2O3. The van der Waals surface area contributed by atoms with Gasteiger partial charge in [-0.2, -0.15) is 0 Å². The summed E-state index contributed by atoms with van der Waals surface area (Å²) in [7, 11) is 0. The summed E-state index contributed by atoms with van der Waals surface area (Å²) in [5.74, 6) is 2.31. The highest BCUT2D eigenvalue weighted by molar-refractivity contribution is 6.32. The number of carbonyl (C=O) groups excluding carboxylic acids is 1. The topological polar surface area (TPSA) is 54.7 Å². The van der Waals surface area contributed by atoms with Crippen molar-refractivity contribution in [2.75, 3.05) is 26.2 Å². The minimum Gasteiger partial charge on any atom is -0.484 e. The van der Waals surface area contributed by atoms with E-state index in [0.717, 1.165) is 40.8 Å². The highest BCUT2D eigenvalue weighted by Gasteiger charge is 2.25. The van der Waals surface area contributed by atoms with Gasteiger partial charge >= 0.3 is 0 Å². The number of nitrogens with one attached hydrogen (secondary N) is 1. The van der Waals surface area contributed by atoms with Crippen molar-refractivity contribution in [3.63, 3.8) is 0 Å². The number of ether oxygens (including phenoxy) is 1. The zero-order valence-corrected chi connectivity index (χ0v) is 17.6. The van der Waals surface area contributed by atoms with Crippen LogP contribution in [0.3, 0.4) is 0 Å². The van der Waals surface area contributed by atoms with E-state index in [1.807, 2.05) is 45.0 Å². The van der Waals surface area contributed by atoms with Crippen LogP contribution in [0.15, 0.2) is 28.7 Å². The lowest BCUT2D eigenvalue weighted by molar-refractivity contribution is -0.123. The van der Waals surface area contributed by atoms with E-state index in [9.17, 15) is 4.79 Å². The van der Waals surface area contributed by atoms with Gasteiger partial charge < -0.3 is 14.5 Å². The molecule has 152 valence electrons. The molecule has 1 aromatic heterocycles. The molecule has 0 saturated carbocycles. The van der Waals surface area contributed by atoms with E-state index in [2.05, 4.69) is 10.2 Å². The highest BCUT2D eigenvalue weighted by atomic mass is 35.5. The molecule has 1 N–H and O–H groups in total. The Balaban J connectivity index is 1.57. The van der Waals surface area contributed by atoms with Crippen molar-refractivity contribution in [1.29, 1.82) is 0 Å². The minimum atomic E-state index is -0.143. The third-order valence-electron chi connectivity index (χ3n) is 5.19. The molecule has 2 heterocycles. The van der Waals surface area contributed by atoms with Crippen molar-refractivity contribution in [3.8, 4) is 5.75 Å². The summed E-state index contributed by atoms with van der Waals surface area (Å²) in [5, 5.41) is 3.74. The average Bonchev–Trinajstić information content (AvgIpc) is 3.11. The summed E-state index contributed by atoms with van der Waals surface area (Å²) >= 11 is 6.18. The third kappa shape index (κ3) is 5.30. The van der Waals surface area contributed by atoms with E-state index >= 15 is 0 Å².